The highest BCUT2D eigenvalue weighted by molar-refractivity contribution is 9.10. The van der Waals surface area contributed by atoms with Gasteiger partial charge in [0.05, 0.1) is 10.6 Å². The van der Waals surface area contributed by atoms with Crippen LogP contribution in [0.4, 0.5) is 11.4 Å². The summed E-state index contributed by atoms with van der Waals surface area (Å²) in [7, 11) is 0. The summed E-state index contributed by atoms with van der Waals surface area (Å²) in [5, 5.41) is 14.2. The van der Waals surface area contributed by atoms with Crippen LogP contribution < -0.4 is 5.32 Å². The second-order valence-electron chi connectivity index (χ2n) is 4.24. The fourth-order valence-corrected chi connectivity index (χ4v) is 3.18. The Hall–Kier alpha value is -1.40. The molecule has 0 aliphatic rings. The predicted molar refractivity (Wildman–Crippen MR) is 81.9 cm³/mol. The molecule has 4 nitrogen and oxygen atoms in total. The van der Waals surface area contributed by atoms with Crippen molar-refractivity contribution in [2.75, 3.05) is 5.32 Å². The molecule has 0 aliphatic heterocycles. The van der Waals surface area contributed by atoms with E-state index in [4.69, 9.17) is 0 Å². The van der Waals surface area contributed by atoms with Crippen LogP contribution in [-0.4, -0.2) is 4.92 Å². The van der Waals surface area contributed by atoms with E-state index in [0.717, 1.165) is 10.2 Å². The van der Waals surface area contributed by atoms with Gasteiger partial charge in [0.1, 0.15) is 0 Å². The Morgan fingerprint density at radius 2 is 2.11 bits per heavy atom. The van der Waals surface area contributed by atoms with E-state index in [0.29, 0.717) is 12.1 Å². The van der Waals surface area contributed by atoms with Crippen molar-refractivity contribution in [1.29, 1.82) is 0 Å². The normalized spacial score (nSPS) is 10.5. The van der Waals surface area contributed by atoms with E-state index in [1.54, 1.807) is 30.4 Å². The van der Waals surface area contributed by atoms with Crippen LogP contribution in [0.2, 0.25) is 0 Å². The molecule has 1 N–H and O–H groups in total. The minimum Gasteiger partial charge on any atom is -0.379 e. The topological polar surface area (TPSA) is 55.2 Å². The van der Waals surface area contributed by atoms with E-state index in [2.05, 4.69) is 40.3 Å². The maximum Gasteiger partial charge on any atom is 0.274 e. The lowest BCUT2D eigenvalue weighted by atomic mass is 10.2. The van der Waals surface area contributed by atoms with Gasteiger partial charge in [-0.25, -0.2) is 0 Å². The first-order valence-electron chi connectivity index (χ1n) is 5.71. The van der Waals surface area contributed by atoms with E-state index in [1.165, 1.54) is 9.75 Å². The van der Waals surface area contributed by atoms with Crippen LogP contribution in [0.1, 0.15) is 15.3 Å². The Labute approximate surface area is 123 Å². The molecule has 0 radical (unpaired) electrons. The summed E-state index contributed by atoms with van der Waals surface area (Å²) in [6.07, 6.45) is 0. The van der Waals surface area contributed by atoms with Crippen molar-refractivity contribution in [3.05, 3.63) is 54.2 Å². The van der Waals surface area contributed by atoms with Crippen molar-refractivity contribution in [2.45, 2.75) is 20.4 Å². The highest BCUT2D eigenvalue weighted by Gasteiger charge is 2.14. The number of hydrogen-bond acceptors (Lipinski definition) is 4. The minimum absolute atomic E-state index is 0.132. The van der Waals surface area contributed by atoms with Crippen LogP contribution in [-0.2, 0) is 6.54 Å². The fourth-order valence-electron chi connectivity index (χ4n) is 1.76. The molecule has 1 aromatic heterocycles. The number of rotatable bonds is 4. The van der Waals surface area contributed by atoms with Crippen molar-refractivity contribution in [2.24, 2.45) is 0 Å². The summed E-state index contributed by atoms with van der Waals surface area (Å²) in [4.78, 5) is 13.0. The van der Waals surface area contributed by atoms with E-state index in [9.17, 15) is 10.1 Å². The molecule has 1 aromatic carbocycles. The first-order chi connectivity index (χ1) is 8.97. The lowest BCUT2D eigenvalue weighted by Gasteiger charge is -2.08. The van der Waals surface area contributed by atoms with Crippen molar-refractivity contribution in [3.8, 4) is 0 Å². The molecule has 0 unspecified atom stereocenters. The van der Waals surface area contributed by atoms with Gasteiger partial charge in [-0.15, -0.1) is 11.3 Å². The molecule has 0 saturated carbocycles. The Kier molecular flexibility index (Phi) is 4.21. The Morgan fingerprint density at radius 3 is 2.68 bits per heavy atom. The van der Waals surface area contributed by atoms with Crippen LogP contribution in [0.3, 0.4) is 0 Å². The second kappa shape index (κ2) is 5.71. The number of nitro benzene ring substituents is 1. The van der Waals surface area contributed by atoms with Crippen LogP contribution in [0.5, 0.6) is 0 Å². The molecule has 19 heavy (non-hydrogen) atoms. The number of anilines is 1. The minimum atomic E-state index is -0.359. The lowest BCUT2D eigenvalue weighted by Crippen LogP contribution is -2.00. The maximum absolute atomic E-state index is 10.9. The summed E-state index contributed by atoms with van der Waals surface area (Å²) in [5.74, 6) is 0. The molecule has 0 amide bonds. The van der Waals surface area contributed by atoms with Gasteiger partial charge in [-0.2, -0.15) is 0 Å². The van der Waals surface area contributed by atoms with Gasteiger partial charge in [0.15, 0.2) is 0 Å². The molecular formula is C13H13BrN2O2S. The molecule has 0 atom stereocenters. The number of nitro groups is 1. The van der Waals surface area contributed by atoms with Gasteiger partial charge < -0.3 is 5.32 Å². The number of aryl methyl sites for hydroxylation is 2. The van der Waals surface area contributed by atoms with Crippen molar-refractivity contribution >= 4 is 38.6 Å². The van der Waals surface area contributed by atoms with Crippen LogP contribution >= 0.6 is 27.3 Å². The van der Waals surface area contributed by atoms with E-state index in [-0.39, 0.29) is 10.6 Å². The number of thiophene rings is 1. The van der Waals surface area contributed by atoms with E-state index >= 15 is 0 Å². The zero-order valence-corrected chi connectivity index (χ0v) is 13.0. The number of nitrogens with one attached hydrogen (secondary N) is 1. The van der Waals surface area contributed by atoms with E-state index < -0.39 is 0 Å². The fraction of sp³-hybridized carbons (Fsp3) is 0.231. The number of benzene rings is 1. The highest BCUT2D eigenvalue weighted by atomic mass is 79.9. The Bertz CT molecular complexity index is 625. The second-order valence-corrected chi connectivity index (χ2v) is 6.47. The third kappa shape index (κ3) is 3.33. The maximum atomic E-state index is 10.9. The summed E-state index contributed by atoms with van der Waals surface area (Å²) in [6.45, 7) is 4.45. The largest absolute Gasteiger partial charge is 0.379 e. The van der Waals surface area contributed by atoms with Gasteiger partial charge in [0.2, 0.25) is 0 Å². The lowest BCUT2D eigenvalue weighted by molar-refractivity contribution is -0.385. The molecule has 1 heterocycles. The zero-order valence-electron chi connectivity index (χ0n) is 10.6. The zero-order chi connectivity index (χ0) is 14.0. The molecule has 2 rings (SSSR count). The summed E-state index contributed by atoms with van der Waals surface area (Å²) in [6, 6.07) is 7.46. The first-order valence-corrected chi connectivity index (χ1v) is 7.32. The van der Waals surface area contributed by atoms with Crippen LogP contribution in [0, 0.1) is 24.0 Å². The van der Waals surface area contributed by atoms with Crippen molar-refractivity contribution < 1.29 is 4.92 Å². The summed E-state index contributed by atoms with van der Waals surface area (Å²) >= 11 is 5.14. The predicted octanol–water partition coefficient (Wildman–Crippen LogP) is 4.65. The number of nitrogens with zero attached hydrogens (tertiary/aromatic N) is 1. The molecule has 100 valence electrons. The number of hydrogen-bond donors (Lipinski definition) is 1. The molecule has 0 bridgehead atoms. The molecule has 0 fully saturated rings. The molecule has 0 spiro atoms. The summed E-state index contributed by atoms with van der Waals surface area (Å²) in [5.41, 5.74) is 1.52. The smallest absolute Gasteiger partial charge is 0.274 e. The monoisotopic (exact) mass is 340 g/mol. The van der Waals surface area contributed by atoms with E-state index in [1.807, 2.05) is 0 Å². The van der Waals surface area contributed by atoms with Gasteiger partial charge >= 0.3 is 0 Å². The standard InChI is InChI=1S/C13H13BrN2O2S/c1-8-5-11(14)12(6-13(8)16(17)18)15-7-10-4-3-9(2)19-10/h3-6,15H,7H2,1-2H3. The van der Waals surface area contributed by atoms with Gasteiger partial charge in [-0.3, -0.25) is 10.1 Å². The average Bonchev–Trinajstić information content (AvgIpc) is 2.73. The third-order valence-corrected chi connectivity index (χ3v) is 4.39. The molecule has 0 saturated heterocycles. The average molecular weight is 341 g/mol. The molecule has 6 heteroatoms. The molecule has 2 aromatic rings. The third-order valence-electron chi connectivity index (χ3n) is 2.73. The van der Waals surface area contributed by atoms with Gasteiger partial charge in [-0.1, -0.05) is 0 Å². The highest BCUT2D eigenvalue weighted by Crippen LogP contribution is 2.31. The first kappa shape index (κ1) is 14.0. The summed E-state index contributed by atoms with van der Waals surface area (Å²) < 4.78 is 0.837. The van der Waals surface area contributed by atoms with Crippen molar-refractivity contribution in [3.63, 3.8) is 0 Å². The van der Waals surface area contributed by atoms with Gasteiger partial charge in [-0.05, 0) is 48.0 Å². The quantitative estimate of drug-likeness (QED) is 0.651. The van der Waals surface area contributed by atoms with Gasteiger partial charge in [0, 0.05) is 32.4 Å². The number of halogens is 1. The van der Waals surface area contributed by atoms with Gasteiger partial charge in [0.25, 0.3) is 5.69 Å². The van der Waals surface area contributed by atoms with Crippen LogP contribution in [0.15, 0.2) is 28.7 Å². The Morgan fingerprint density at radius 1 is 1.37 bits per heavy atom. The SMILES string of the molecule is Cc1ccc(CNc2cc([N+](=O)[O-])c(C)cc2Br)s1. The molecular weight excluding hydrogens is 328 g/mol. The molecule has 0 aliphatic carbocycles. The van der Waals surface area contributed by atoms with Crippen molar-refractivity contribution in [1.82, 2.24) is 0 Å². The Balaban J connectivity index is 2.20. The van der Waals surface area contributed by atoms with Crippen LogP contribution in [0.25, 0.3) is 0 Å².